The third-order valence-corrected chi connectivity index (χ3v) is 5.03. The van der Waals surface area contributed by atoms with Crippen LogP contribution in [0.3, 0.4) is 0 Å². The molecule has 0 aliphatic carbocycles. The number of hydrogen-bond acceptors (Lipinski definition) is 4. The van der Waals surface area contributed by atoms with Crippen molar-refractivity contribution < 1.29 is 14.4 Å². The third-order valence-electron chi connectivity index (χ3n) is 5.03. The van der Waals surface area contributed by atoms with Crippen LogP contribution in [0, 0.1) is 0 Å². The molecule has 1 aromatic carbocycles. The van der Waals surface area contributed by atoms with Crippen LogP contribution in [0.2, 0.25) is 0 Å². The van der Waals surface area contributed by atoms with E-state index >= 15 is 0 Å². The molecule has 0 spiro atoms. The van der Waals surface area contributed by atoms with Crippen LogP contribution in [0.4, 0.5) is 0 Å². The maximum Gasteiger partial charge on any atom is 0.491 e. The summed E-state index contributed by atoms with van der Waals surface area (Å²) in [6.07, 6.45) is 1.88. The maximum absolute atomic E-state index is 10.2. The molecular formula is C19H30BNO3. The van der Waals surface area contributed by atoms with Gasteiger partial charge in [0.2, 0.25) is 0 Å². The van der Waals surface area contributed by atoms with Gasteiger partial charge in [0.25, 0.3) is 0 Å². The van der Waals surface area contributed by atoms with Crippen LogP contribution in [0.5, 0.6) is 5.75 Å². The zero-order chi connectivity index (χ0) is 18.3. The Morgan fingerprint density at radius 3 is 2.17 bits per heavy atom. The maximum atomic E-state index is 10.2. The van der Waals surface area contributed by atoms with Crippen LogP contribution in [-0.2, 0) is 14.7 Å². The molecule has 1 aliphatic heterocycles. The molecule has 1 aromatic rings. The van der Waals surface area contributed by atoms with Crippen molar-refractivity contribution in [3.05, 3.63) is 34.8 Å². The Balaban J connectivity index is 2.39. The molecule has 2 rings (SSSR count). The molecule has 4 nitrogen and oxygen atoms in total. The van der Waals surface area contributed by atoms with Crippen molar-refractivity contribution in [3.8, 4) is 5.75 Å². The molecule has 0 aromatic heterocycles. The van der Waals surface area contributed by atoms with E-state index < -0.39 is 18.3 Å². The molecule has 0 unspecified atom stereocenters. The number of aromatic hydroxyl groups is 1. The second kappa shape index (κ2) is 6.21. The molecule has 0 saturated carbocycles. The molecule has 132 valence electrons. The molecule has 0 bridgehead atoms. The van der Waals surface area contributed by atoms with Crippen LogP contribution >= 0.6 is 0 Å². The van der Waals surface area contributed by atoms with Crippen LogP contribution < -0.4 is 5.73 Å². The predicted molar refractivity (Wildman–Crippen MR) is 99.9 cm³/mol. The Kier molecular flexibility index (Phi) is 4.93. The van der Waals surface area contributed by atoms with Crippen LogP contribution in [0.15, 0.2) is 23.7 Å². The Labute approximate surface area is 146 Å². The summed E-state index contributed by atoms with van der Waals surface area (Å²) in [5, 5.41) is 10.2. The smallest absolute Gasteiger partial charge is 0.491 e. The fourth-order valence-electron chi connectivity index (χ4n) is 2.55. The molecule has 5 heteroatoms. The standard InChI is InChI=1S/C19H30BNO3/c1-17(2,3)14-8-9-16(22)13(10-14)11-15(12-21)20-23-18(4,5)19(6,7)24-20/h8-11,22H,12,21H2,1-7H3. The minimum Gasteiger partial charge on any atom is -0.507 e. The van der Waals surface area contributed by atoms with E-state index in [2.05, 4.69) is 20.8 Å². The van der Waals surface area contributed by atoms with Gasteiger partial charge in [-0.3, -0.25) is 0 Å². The van der Waals surface area contributed by atoms with Gasteiger partial charge >= 0.3 is 7.12 Å². The molecule has 3 N–H and O–H groups in total. The molecule has 1 fully saturated rings. The van der Waals surface area contributed by atoms with Gasteiger partial charge in [-0.2, -0.15) is 0 Å². The summed E-state index contributed by atoms with van der Waals surface area (Å²) in [5.74, 6) is 0.227. The van der Waals surface area contributed by atoms with E-state index in [9.17, 15) is 5.11 Å². The lowest BCUT2D eigenvalue weighted by molar-refractivity contribution is 0.00578. The highest BCUT2D eigenvalue weighted by molar-refractivity contribution is 6.55. The van der Waals surface area contributed by atoms with Gasteiger partial charge in [-0.1, -0.05) is 32.9 Å². The van der Waals surface area contributed by atoms with Crippen molar-refractivity contribution in [1.82, 2.24) is 0 Å². The Morgan fingerprint density at radius 1 is 1.17 bits per heavy atom. The summed E-state index contributed by atoms with van der Waals surface area (Å²) >= 11 is 0. The van der Waals surface area contributed by atoms with Gasteiger partial charge in [-0.05, 0) is 56.3 Å². The monoisotopic (exact) mass is 331 g/mol. The average Bonchev–Trinajstić information content (AvgIpc) is 2.65. The van der Waals surface area contributed by atoms with Gasteiger partial charge in [-0.25, -0.2) is 0 Å². The van der Waals surface area contributed by atoms with Gasteiger partial charge in [-0.15, -0.1) is 0 Å². The number of phenolic OH excluding ortho intramolecular Hbond substituents is 1. The number of phenols is 1. The molecule has 0 atom stereocenters. The first-order valence-corrected chi connectivity index (χ1v) is 8.47. The van der Waals surface area contributed by atoms with E-state index in [1.807, 2.05) is 45.9 Å². The Bertz CT molecular complexity index is 629. The van der Waals surface area contributed by atoms with E-state index in [1.165, 1.54) is 0 Å². The fourth-order valence-corrected chi connectivity index (χ4v) is 2.55. The lowest BCUT2D eigenvalue weighted by Crippen LogP contribution is -2.41. The Morgan fingerprint density at radius 2 is 1.71 bits per heavy atom. The highest BCUT2D eigenvalue weighted by Gasteiger charge is 2.52. The summed E-state index contributed by atoms with van der Waals surface area (Å²) in [5.41, 5.74) is 7.81. The third kappa shape index (κ3) is 3.69. The summed E-state index contributed by atoms with van der Waals surface area (Å²) in [6.45, 7) is 14.8. The summed E-state index contributed by atoms with van der Waals surface area (Å²) in [6, 6.07) is 5.67. The van der Waals surface area contributed by atoms with Crippen molar-refractivity contribution in [2.75, 3.05) is 6.54 Å². The summed E-state index contributed by atoms with van der Waals surface area (Å²) in [7, 11) is -0.502. The van der Waals surface area contributed by atoms with Crippen molar-refractivity contribution in [2.24, 2.45) is 5.73 Å². The minimum atomic E-state index is -0.502. The molecule has 0 amide bonds. The first-order chi connectivity index (χ1) is 10.9. The Hall–Kier alpha value is -1.30. The van der Waals surface area contributed by atoms with Gasteiger partial charge in [0.05, 0.1) is 11.2 Å². The first-order valence-electron chi connectivity index (χ1n) is 8.47. The van der Waals surface area contributed by atoms with E-state index in [0.29, 0.717) is 6.54 Å². The van der Waals surface area contributed by atoms with Crippen molar-refractivity contribution in [3.63, 3.8) is 0 Å². The summed E-state index contributed by atoms with van der Waals surface area (Å²) < 4.78 is 12.1. The van der Waals surface area contributed by atoms with Crippen molar-refractivity contribution >= 4 is 13.2 Å². The minimum absolute atomic E-state index is 0.00348. The SMILES string of the molecule is CC(C)(C)c1ccc(O)c(C=C(CN)B2OC(C)(C)C(C)(C)O2)c1. The van der Waals surface area contributed by atoms with Crippen LogP contribution in [-0.4, -0.2) is 30.0 Å². The van der Waals surface area contributed by atoms with Gasteiger partial charge in [0.15, 0.2) is 0 Å². The van der Waals surface area contributed by atoms with E-state index in [4.69, 9.17) is 15.0 Å². The zero-order valence-corrected chi connectivity index (χ0v) is 15.9. The quantitative estimate of drug-likeness (QED) is 0.830. The number of benzene rings is 1. The molecule has 1 aliphatic rings. The molecule has 1 heterocycles. The zero-order valence-electron chi connectivity index (χ0n) is 15.9. The molecule has 0 radical (unpaired) electrons. The van der Waals surface area contributed by atoms with Crippen LogP contribution in [0.1, 0.15) is 59.6 Å². The number of nitrogens with two attached hydrogens (primary N) is 1. The van der Waals surface area contributed by atoms with Crippen LogP contribution in [0.25, 0.3) is 6.08 Å². The molecular weight excluding hydrogens is 301 g/mol. The first kappa shape index (κ1) is 19.0. The second-order valence-electron chi connectivity index (χ2n) is 8.54. The second-order valence-corrected chi connectivity index (χ2v) is 8.54. The highest BCUT2D eigenvalue weighted by atomic mass is 16.7. The largest absolute Gasteiger partial charge is 0.507 e. The fraction of sp³-hybridized carbons (Fsp3) is 0.579. The lowest BCUT2D eigenvalue weighted by atomic mass is 9.76. The van der Waals surface area contributed by atoms with E-state index in [0.717, 1.165) is 16.6 Å². The normalized spacial score (nSPS) is 20.5. The molecule has 24 heavy (non-hydrogen) atoms. The van der Waals surface area contributed by atoms with E-state index in [1.54, 1.807) is 6.07 Å². The van der Waals surface area contributed by atoms with Crippen molar-refractivity contribution in [2.45, 2.75) is 65.1 Å². The van der Waals surface area contributed by atoms with E-state index in [-0.39, 0.29) is 11.2 Å². The van der Waals surface area contributed by atoms with Crippen molar-refractivity contribution in [1.29, 1.82) is 0 Å². The van der Waals surface area contributed by atoms with Gasteiger partial charge in [0.1, 0.15) is 5.75 Å². The number of hydrogen-bond donors (Lipinski definition) is 2. The average molecular weight is 331 g/mol. The summed E-state index contributed by atoms with van der Waals surface area (Å²) in [4.78, 5) is 0. The number of rotatable bonds is 3. The van der Waals surface area contributed by atoms with Gasteiger partial charge < -0.3 is 20.1 Å². The topological polar surface area (TPSA) is 64.7 Å². The lowest BCUT2D eigenvalue weighted by Gasteiger charge is -2.32. The predicted octanol–water partition coefficient (Wildman–Crippen LogP) is 3.66. The molecule has 1 saturated heterocycles. The van der Waals surface area contributed by atoms with Gasteiger partial charge in [0, 0.05) is 12.1 Å². The highest BCUT2D eigenvalue weighted by Crippen LogP contribution is 2.39.